The third-order valence-electron chi connectivity index (χ3n) is 2.47. The average molecular weight is 268 g/mol. The van der Waals surface area contributed by atoms with E-state index in [2.05, 4.69) is 4.72 Å². The maximum absolute atomic E-state index is 12.0. The van der Waals surface area contributed by atoms with Crippen LogP contribution in [0.3, 0.4) is 0 Å². The van der Waals surface area contributed by atoms with E-state index < -0.39 is 16.3 Å². The Balaban J connectivity index is 2.55. The van der Waals surface area contributed by atoms with E-state index in [1.807, 2.05) is 0 Å². The number of methoxy groups -OCH3 is 1. The molecule has 1 saturated heterocycles. The number of rotatable bonds is 7. The van der Waals surface area contributed by atoms with Crippen molar-refractivity contribution in [2.45, 2.75) is 12.5 Å². The molecule has 1 fully saturated rings. The molecule has 0 aromatic rings. The molecule has 0 aliphatic carbocycles. The summed E-state index contributed by atoms with van der Waals surface area (Å²) in [5.41, 5.74) is 0. The van der Waals surface area contributed by atoms with Crippen LogP contribution in [0.4, 0.5) is 0 Å². The summed E-state index contributed by atoms with van der Waals surface area (Å²) in [6.07, 6.45) is 0.331. The van der Waals surface area contributed by atoms with Crippen LogP contribution in [-0.4, -0.2) is 70.5 Å². The van der Waals surface area contributed by atoms with Crippen molar-refractivity contribution in [3.8, 4) is 0 Å². The van der Waals surface area contributed by atoms with Crippen LogP contribution in [0.2, 0.25) is 0 Å². The van der Waals surface area contributed by atoms with Gasteiger partial charge in [0.25, 0.3) is 10.2 Å². The van der Waals surface area contributed by atoms with Crippen molar-refractivity contribution in [2.75, 3.05) is 46.6 Å². The number of aliphatic hydroxyl groups excluding tert-OH is 1. The number of morpholine rings is 1. The molecule has 1 aliphatic rings. The monoisotopic (exact) mass is 268 g/mol. The Kier molecular flexibility index (Phi) is 6.31. The van der Waals surface area contributed by atoms with Crippen LogP contribution in [0.25, 0.3) is 0 Å². The molecular formula is C9H20N2O5S. The van der Waals surface area contributed by atoms with Crippen molar-refractivity contribution in [1.29, 1.82) is 0 Å². The quantitative estimate of drug-likeness (QED) is 0.590. The second kappa shape index (κ2) is 7.24. The van der Waals surface area contributed by atoms with Crippen molar-refractivity contribution in [2.24, 2.45) is 0 Å². The van der Waals surface area contributed by atoms with Gasteiger partial charge in [-0.3, -0.25) is 0 Å². The largest absolute Gasteiger partial charge is 0.396 e. The predicted molar refractivity (Wildman–Crippen MR) is 61.8 cm³/mol. The Morgan fingerprint density at radius 1 is 1.47 bits per heavy atom. The molecule has 0 spiro atoms. The van der Waals surface area contributed by atoms with Crippen LogP contribution in [0.1, 0.15) is 6.42 Å². The maximum Gasteiger partial charge on any atom is 0.279 e. The average Bonchev–Trinajstić information content (AvgIpc) is 2.30. The number of nitrogens with zero attached hydrogens (tertiary/aromatic N) is 1. The Morgan fingerprint density at radius 2 is 2.12 bits per heavy atom. The zero-order chi connectivity index (χ0) is 12.7. The van der Waals surface area contributed by atoms with Crippen molar-refractivity contribution >= 4 is 10.2 Å². The Hall–Kier alpha value is -0.250. The van der Waals surface area contributed by atoms with Gasteiger partial charge in [-0.05, 0) is 6.42 Å². The van der Waals surface area contributed by atoms with Crippen LogP contribution < -0.4 is 4.72 Å². The predicted octanol–water partition coefficient (Wildman–Crippen LogP) is -1.45. The van der Waals surface area contributed by atoms with Gasteiger partial charge >= 0.3 is 0 Å². The molecule has 1 atom stereocenters. The third-order valence-corrected chi connectivity index (χ3v) is 4.15. The summed E-state index contributed by atoms with van der Waals surface area (Å²) in [6, 6.07) is -0.405. The highest BCUT2D eigenvalue weighted by atomic mass is 32.2. The molecule has 0 bridgehead atoms. The van der Waals surface area contributed by atoms with Crippen LogP contribution >= 0.6 is 0 Å². The molecule has 2 N–H and O–H groups in total. The zero-order valence-corrected chi connectivity index (χ0v) is 10.8. The molecule has 1 heterocycles. The smallest absolute Gasteiger partial charge is 0.279 e. The summed E-state index contributed by atoms with van der Waals surface area (Å²) in [5, 5.41) is 8.85. The summed E-state index contributed by atoms with van der Waals surface area (Å²) >= 11 is 0. The van der Waals surface area contributed by atoms with Crippen LogP contribution in [0, 0.1) is 0 Å². The van der Waals surface area contributed by atoms with E-state index in [0.717, 1.165) is 0 Å². The molecule has 0 aromatic carbocycles. The fraction of sp³-hybridized carbons (Fsp3) is 1.00. The summed E-state index contributed by atoms with van der Waals surface area (Å²) in [6.45, 7) is 1.69. The Morgan fingerprint density at radius 3 is 2.65 bits per heavy atom. The highest BCUT2D eigenvalue weighted by molar-refractivity contribution is 7.87. The van der Waals surface area contributed by atoms with Gasteiger partial charge in [0.05, 0.1) is 19.8 Å². The number of hydrogen-bond donors (Lipinski definition) is 2. The van der Waals surface area contributed by atoms with Gasteiger partial charge in [-0.15, -0.1) is 0 Å². The summed E-state index contributed by atoms with van der Waals surface area (Å²) in [5.74, 6) is 0. The Labute approximate surface area is 102 Å². The molecule has 0 aromatic heterocycles. The number of ether oxygens (including phenoxy) is 2. The van der Waals surface area contributed by atoms with E-state index in [0.29, 0.717) is 32.7 Å². The van der Waals surface area contributed by atoms with Gasteiger partial charge in [-0.25, -0.2) is 0 Å². The van der Waals surface area contributed by atoms with Gasteiger partial charge in [-0.1, -0.05) is 0 Å². The molecule has 0 amide bonds. The molecule has 1 aliphatic heterocycles. The molecule has 0 radical (unpaired) electrons. The fourth-order valence-corrected chi connectivity index (χ4v) is 2.99. The number of hydrogen-bond acceptors (Lipinski definition) is 5. The SMILES string of the molecule is COCC(CCO)NS(=O)(=O)N1CCOCC1. The van der Waals surface area contributed by atoms with E-state index in [4.69, 9.17) is 14.6 Å². The van der Waals surface area contributed by atoms with E-state index in [1.54, 1.807) is 0 Å². The van der Waals surface area contributed by atoms with Gasteiger partial charge in [-0.2, -0.15) is 17.4 Å². The van der Waals surface area contributed by atoms with Gasteiger partial charge in [0, 0.05) is 32.8 Å². The summed E-state index contributed by atoms with van der Waals surface area (Å²) < 4.78 is 37.8. The first-order valence-corrected chi connectivity index (χ1v) is 6.99. The minimum Gasteiger partial charge on any atom is -0.396 e. The maximum atomic E-state index is 12.0. The minimum absolute atomic E-state index is 0.0837. The van der Waals surface area contributed by atoms with Crippen molar-refractivity contribution in [3.63, 3.8) is 0 Å². The highest BCUT2D eigenvalue weighted by Gasteiger charge is 2.26. The van der Waals surface area contributed by atoms with E-state index in [-0.39, 0.29) is 13.2 Å². The van der Waals surface area contributed by atoms with Crippen molar-refractivity contribution < 1.29 is 23.0 Å². The fourth-order valence-electron chi connectivity index (χ4n) is 1.61. The second-order valence-corrected chi connectivity index (χ2v) is 5.50. The molecule has 7 nitrogen and oxygen atoms in total. The summed E-state index contributed by atoms with van der Waals surface area (Å²) in [4.78, 5) is 0. The van der Waals surface area contributed by atoms with Crippen LogP contribution in [0.15, 0.2) is 0 Å². The lowest BCUT2D eigenvalue weighted by atomic mass is 10.2. The van der Waals surface area contributed by atoms with E-state index in [1.165, 1.54) is 11.4 Å². The van der Waals surface area contributed by atoms with Gasteiger partial charge < -0.3 is 14.6 Å². The lowest BCUT2D eigenvalue weighted by Gasteiger charge is -2.28. The first kappa shape index (κ1) is 14.8. The number of nitrogens with one attached hydrogen (secondary N) is 1. The van der Waals surface area contributed by atoms with Gasteiger partial charge in [0.2, 0.25) is 0 Å². The first-order valence-electron chi connectivity index (χ1n) is 5.55. The normalized spacial score (nSPS) is 20.4. The summed E-state index contributed by atoms with van der Waals surface area (Å²) in [7, 11) is -2.02. The lowest BCUT2D eigenvalue weighted by molar-refractivity contribution is 0.0717. The molecular weight excluding hydrogens is 248 g/mol. The van der Waals surface area contributed by atoms with E-state index >= 15 is 0 Å². The Bertz CT molecular complexity index is 297. The third kappa shape index (κ3) is 4.86. The first-order chi connectivity index (χ1) is 8.10. The second-order valence-electron chi connectivity index (χ2n) is 3.80. The molecule has 0 saturated carbocycles. The van der Waals surface area contributed by atoms with E-state index in [9.17, 15) is 8.42 Å². The van der Waals surface area contributed by atoms with Crippen LogP contribution in [0.5, 0.6) is 0 Å². The molecule has 1 rings (SSSR count). The van der Waals surface area contributed by atoms with Gasteiger partial charge in [0.15, 0.2) is 0 Å². The minimum atomic E-state index is -3.51. The van der Waals surface area contributed by atoms with Crippen molar-refractivity contribution in [1.82, 2.24) is 9.03 Å². The zero-order valence-electron chi connectivity index (χ0n) is 9.96. The standard InChI is InChI=1S/C9H20N2O5S/c1-15-8-9(2-5-12)10-17(13,14)11-3-6-16-7-4-11/h9-10,12H,2-8H2,1H3. The topological polar surface area (TPSA) is 88.1 Å². The molecule has 102 valence electrons. The molecule has 8 heteroatoms. The van der Waals surface area contributed by atoms with Crippen molar-refractivity contribution in [3.05, 3.63) is 0 Å². The van der Waals surface area contributed by atoms with Gasteiger partial charge in [0.1, 0.15) is 0 Å². The molecule has 1 unspecified atom stereocenters. The number of aliphatic hydroxyl groups is 1. The highest BCUT2D eigenvalue weighted by Crippen LogP contribution is 2.05. The lowest BCUT2D eigenvalue weighted by Crippen LogP contribution is -2.50. The van der Waals surface area contributed by atoms with Crippen LogP contribution in [-0.2, 0) is 19.7 Å². The molecule has 17 heavy (non-hydrogen) atoms.